The molecule has 23 heavy (non-hydrogen) atoms. The highest BCUT2D eigenvalue weighted by molar-refractivity contribution is 7.17. The Morgan fingerprint density at radius 3 is 2.74 bits per heavy atom. The SMILES string of the molecule is Cc1ccc(-c2ccc(C(=O)NC3CN4CCC3CC4)s2)nc1. The maximum absolute atomic E-state index is 12.5. The van der Waals surface area contributed by atoms with Gasteiger partial charge in [-0.2, -0.15) is 0 Å². The molecule has 3 saturated heterocycles. The lowest BCUT2D eigenvalue weighted by Gasteiger charge is -2.44. The molecule has 4 nitrogen and oxygen atoms in total. The Balaban J connectivity index is 1.46. The van der Waals surface area contributed by atoms with E-state index in [1.807, 2.05) is 31.3 Å². The van der Waals surface area contributed by atoms with Gasteiger partial charge in [0.1, 0.15) is 0 Å². The van der Waals surface area contributed by atoms with E-state index in [1.165, 1.54) is 37.3 Å². The molecule has 1 N–H and O–H groups in total. The van der Waals surface area contributed by atoms with Crippen LogP contribution in [0.25, 0.3) is 10.6 Å². The van der Waals surface area contributed by atoms with Crippen molar-refractivity contribution in [2.24, 2.45) is 5.92 Å². The van der Waals surface area contributed by atoms with Gasteiger partial charge >= 0.3 is 0 Å². The summed E-state index contributed by atoms with van der Waals surface area (Å²) in [7, 11) is 0. The molecule has 3 aliphatic heterocycles. The number of hydrogen-bond donors (Lipinski definition) is 1. The van der Waals surface area contributed by atoms with Crippen LogP contribution in [0.15, 0.2) is 30.5 Å². The average molecular weight is 327 g/mol. The standard InChI is InChI=1S/C18H21N3OS/c1-12-2-3-14(19-10-12)16-4-5-17(23-16)18(22)20-15-11-21-8-6-13(15)7-9-21/h2-5,10,13,15H,6-9,11H2,1H3,(H,20,22). The van der Waals surface area contributed by atoms with Gasteiger partial charge in [0.05, 0.1) is 15.4 Å². The number of pyridine rings is 1. The lowest BCUT2D eigenvalue weighted by molar-refractivity contribution is 0.0622. The van der Waals surface area contributed by atoms with E-state index in [9.17, 15) is 4.79 Å². The topological polar surface area (TPSA) is 45.2 Å². The minimum atomic E-state index is 0.0621. The second kappa shape index (κ2) is 6.06. The number of amides is 1. The van der Waals surface area contributed by atoms with E-state index in [1.54, 1.807) is 0 Å². The molecule has 120 valence electrons. The molecule has 0 saturated carbocycles. The van der Waals surface area contributed by atoms with Crippen molar-refractivity contribution in [3.63, 3.8) is 0 Å². The number of carbonyl (C=O) groups is 1. The third-order valence-electron chi connectivity index (χ3n) is 4.97. The fourth-order valence-corrected chi connectivity index (χ4v) is 4.47. The van der Waals surface area contributed by atoms with Gasteiger partial charge in [-0.05, 0) is 62.5 Å². The van der Waals surface area contributed by atoms with Crippen LogP contribution >= 0.6 is 11.3 Å². The first-order valence-corrected chi connectivity index (χ1v) is 9.07. The number of nitrogens with one attached hydrogen (secondary N) is 1. The molecular weight excluding hydrogens is 306 g/mol. The second-order valence-electron chi connectivity index (χ2n) is 6.60. The van der Waals surface area contributed by atoms with Gasteiger partial charge in [-0.15, -0.1) is 11.3 Å². The monoisotopic (exact) mass is 327 g/mol. The van der Waals surface area contributed by atoms with Crippen molar-refractivity contribution in [3.05, 3.63) is 40.9 Å². The molecule has 2 bridgehead atoms. The zero-order valence-corrected chi connectivity index (χ0v) is 14.1. The molecule has 2 aromatic rings. The molecule has 0 aliphatic carbocycles. The predicted octanol–water partition coefficient (Wildman–Crippen LogP) is 2.94. The van der Waals surface area contributed by atoms with E-state index in [2.05, 4.69) is 21.3 Å². The maximum Gasteiger partial charge on any atom is 0.261 e. The number of piperidine rings is 3. The van der Waals surface area contributed by atoms with Crippen molar-refractivity contribution >= 4 is 17.2 Å². The zero-order chi connectivity index (χ0) is 15.8. The average Bonchev–Trinajstić information content (AvgIpc) is 3.07. The van der Waals surface area contributed by atoms with E-state index in [-0.39, 0.29) is 5.91 Å². The number of aromatic nitrogens is 1. The van der Waals surface area contributed by atoms with Gasteiger partial charge in [0, 0.05) is 18.8 Å². The molecule has 1 amide bonds. The number of fused-ring (bicyclic) bond motifs is 3. The van der Waals surface area contributed by atoms with Gasteiger partial charge in [0.2, 0.25) is 0 Å². The van der Waals surface area contributed by atoms with Gasteiger partial charge in [0.15, 0.2) is 0 Å². The summed E-state index contributed by atoms with van der Waals surface area (Å²) in [5.74, 6) is 0.717. The third-order valence-corrected chi connectivity index (χ3v) is 6.07. The summed E-state index contributed by atoms with van der Waals surface area (Å²) in [6.45, 7) is 5.42. The summed E-state index contributed by atoms with van der Waals surface area (Å²) in [5, 5.41) is 3.25. The molecular formula is C18H21N3OS. The number of rotatable bonds is 3. The molecule has 5 heteroatoms. The van der Waals surface area contributed by atoms with Crippen molar-refractivity contribution in [1.82, 2.24) is 15.2 Å². The Morgan fingerprint density at radius 2 is 2.09 bits per heavy atom. The maximum atomic E-state index is 12.5. The van der Waals surface area contributed by atoms with Crippen LogP contribution in [-0.4, -0.2) is 41.5 Å². The molecule has 3 aliphatic rings. The first-order chi connectivity index (χ1) is 11.2. The summed E-state index contributed by atoms with van der Waals surface area (Å²) in [4.78, 5) is 21.3. The van der Waals surface area contributed by atoms with Crippen LogP contribution in [0.4, 0.5) is 0 Å². The van der Waals surface area contributed by atoms with Crippen LogP contribution in [0.5, 0.6) is 0 Å². The highest BCUT2D eigenvalue weighted by Gasteiger charge is 2.35. The highest BCUT2D eigenvalue weighted by Crippen LogP contribution is 2.29. The van der Waals surface area contributed by atoms with E-state index < -0.39 is 0 Å². The second-order valence-corrected chi connectivity index (χ2v) is 7.69. The predicted molar refractivity (Wildman–Crippen MR) is 92.7 cm³/mol. The lowest BCUT2D eigenvalue weighted by atomic mass is 9.84. The first kappa shape index (κ1) is 14.8. The number of thiophene rings is 1. The summed E-state index contributed by atoms with van der Waals surface area (Å²) in [5.41, 5.74) is 2.08. The molecule has 1 unspecified atom stereocenters. The molecule has 0 spiro atoms. The zero-order valence-electron chi connectivity index (χ0n) is 13.3. The highest BCUT2D eigenvalue weighted by atomic mass is 32.1. The van der Waals surface area contributed by atoms with E-state index in [4.69, 9.17) is 0 Å². The smallest absolute Gasteiger partial charge is 0.261 e. The van der Waals surface area contributed by atoms with Crippen LogP contribution in [-0.2, 0) is 0 Å². The van der Waals surface area contributed by atoms with E-state index in [0.717, 1.165) is 27.6 Å². The van der Waals surface area contributed by atoms with Gasteiger partial charge in [-0.1, -0.05) is 6.07 Å². The largest absolute Gasteiger partial charge is 0.347 e. The van der Waals surface area contributed by atoms with Crippen LogP contribution < -0.4 is 5.32 Å². The van der Waals surface area contributed by atoms with Crippen LogP contribution in [0.1, 0.15) is 28.1 Å². The fourth-order valence-electron chi connectivity index (χ4n) is 3.58. The Labute approximate surface area is 140 Å². The molecule has 0 aromatic carbocycles. The Morgan fingerprint density at radius 1 is 1.26 bits per heavy atom. The number of hydrogen-bond acceptors (Lipinski definition) is 4. The normalized spacial score (nSPS) is 26.2. The molecule has 1 atom stereocenters. The Bertz CT molecular complexity index is 701. The quantitative estimate of drug-likeness (QED) is 0.943. The van der Waals surface area contributed by atoms with Gasteiger partial charge < -0.3 is 10.2 Å². The van der Waals surface area contributed by atoms with Gasteiger partial charge in [-0.3, -0.25) is 9.78 Å². The minimum Gasteiger partial charge on any atom is -0.347 e. The minimum absolute atomic E-state index is 0.0621. The van der Waals surface area contributed by atoms with Crippen molar-refractivity contribution in [1.29, 1.82) is 0 Å². The molecule has 3 fully saturated rings. The summed E-state index contributed by atoms with van der Waals surface area (Å²) >= 11 is 1.52. The molecule has 2 aromatic heterocycles. The van der Waals surface area contributed by atoms with Crippen LogP contribution in [0, 0.1) is 12.8 Å². The van der Waals surface area contributed by atoms with Crippen molar-refractivity contribution in [2.45, 2.75) is 25.8 Å². The summed E-state index contributed by atoms with van der Waals surface area (Å²) in [6.07, 6.45) is 4.30. The van der Waals surface area contributed by atoms with Crippen molar-refractivity contribution in [3.8, 4) is 10.6 Å². The number of carbonyl (C=O) groups excluding carboxylic acids is 1. The van der Waals surface area contributed by atoms with Crippen LogP contribution in [0.3, 0.4) is 0 Å². The Kier molecular flexibility index (Phi) is 3.91. The van der Waals surface area contributed by atoms with Crippen molar-refractivity contribution < 1.29 is 4.79 Å². The third kappa shape index (κ3) is 3.03. The van der Waals surface area contributed by atoms with Gasteiger partial charge in [-0.25, -0.2) is 0 Å². The molecule has 5 rings (SSSR count). The lowest BCUT2D eigenvalue weighted by Crippen LogP contribution is -2.57. The summed E-state index contributed by atoms with van der Waals surface area (Å²) in [6, 6.07) is 8.28. The number of aryl methyl sites for hydroxylation is 1. The first-order valence-electron chi connectivity index (χ1n) is 8.25. The van der Waals surface area contributed by atoms with Crippen LogP contribution in [0.2, 0.25) is 0 Å². The summed E-state index contributed by atoms with van der Waals surface area (Å²) < 4.78 is 0. The Hall–Kier alpha value is -1.72. The van der Waals surface area contributed by atoms with E-state index >= 15 is 0 Å². The fraction of sp³-hybridized carbons (Fsp3) is 0.444. The van der Waals surface area contributed by atoms with E-state index in [0.29, 0.717) is 12.0 Å². The van der Waals surface area contributed by atoms with Gasteiger partial charge in [0.25, 0.3) is 5.91 Å². The molecule has 0 radical (unpaired) electrons. The van der Waals surface area contributed by atoms with Crippen molar-refractivity contribution in [2.75, 3.05) is 19.6 Å². The molecule has 5 heterocycles. The number of nitrogens with zero attached hydrogens (tertiary/aromatic N) is 2.